The number of amides is 2. The molecule has 2 amide bonds. The first-order valence-corrected chi connectivity index (χ1v) is 8.72. The summed E-state index contributed by atoms with van der Waals surface area (Å²) in [6.07, 6.45) is 1.42. The summed E-state index contributed by atoms with van der Waals surface area (Å²) in [6, 6.07) is 5.65. The predicted molar refractivity (Wildman–Crippen MR) is 95.9 cm³/mol. The monoisotopic (exact) mass is 363 g/mol. The molecule has 7 nitrogen and oxygen atoms in total. The van der Waals surface area contributed by atoms with E-state index in [9.17, 15) is 9.59 Å². The zero-order chi connectivity index (χ0) is 18.0. The predicted octanol–water partition coefficient (Wildman–Crippen LogP) is 1.04. The fraction of sp³-hybridized carbons (Fsp3) is 0.471. The number of benzene rings is 1. The number of carbonyl (C=O) groups is 2. The van der Waals surface area contributed by atoms with Gasteiger partial charge in [-0.2, -0.15) is 5.10 Å². The van der Waals surface area contributed by atoms with Gasteiger partial charge in [0.1, 0.15) is 0 Å². The maximum atomic E-state index is 12.2. The summed E-state index contributed by atoms with van der Waals surface area (Å²) in [4.78, 5) is 25.4. The molecular weight excluding hydrogens is 342 g/mol. The number of rotatable bonds is 5. The second-order valence-corrected chi connectivity index (χ2v) is 6.84. The molecular formula is C17H22ClN5O2. The van der Waals surface area contributed by atoms with Crippen LogP contribution in [0, 0.1) is 5.92 Å². The van der Waals surface area contributed by atoms with E-state index in [4.69, 9.17) is 17.3 Å². The van der Waals surface area contributed by atoms with Crippen LogP contribution in [-0.4, -0.2) is 46.1 Å². The molecule has 1 aromatic carbocycles. The maximum absolute atomic E-state index is 12.2. The number of nitrogens with two attached hydrogens (primary N) is 1. The normalized spacial score (nSPS) is 16.2. The minimum Gasteiger partial charge on any atom is -0.369 e. The Hall–Kier alpha value is -2.12. The average molecular weight is 364 g/mol. The molecule has 1 fully saturated rings. The zero-order valence-electron chi connectivity index (χ0n) is 14.2. The molecule has 1 aromatic heterocycles. The van der Waals surface area contributed by atoms with E-state index in [1.54, 1.807) is 4.68 Å². The highest BCUT2D eigenvalue weighted by atomic mass is 35.5. The Balaban J connectivity index is 1.56. The highest BCUT2D eigenvalue weighted by molar-refractivity contribution is 6.35. The van der Waals surface area contributed by atoms with Crippen molar-refractivity contribution < 1.29 is 9.59 Å². The van der Waals surface area contributed by atoms with Gasteiger partial charge in [-0.05, 0) is 38.1 Å². The second-order valence-electron chi connectivity index (χ2n) is 6.43. The number of nitrogens with one attached hydrogen (secondary N) is 1. The van der Waals surface area contributed by atoms with Gasteiger partial charge in [-0.25, -0.2) is 0 Å². The Morgan fingerprint density at radius 2 is 2.08 bits per heavy atom. The van der Waals surface area contributed by atoms with Crippen molar-refractivity contribution in [2.45, 2.75) is 19.4 Å². The number of piperidine rings is 1. The molecule has 2 heterocycles. The van der Waals surface area contributed by atoms with Crippen LogP contribution in [0.4, 0.5) is 0 Å². The molecule has 3 rings (SSSR count). The summed E-state index contributed by atoms with van der Waals surface area (Å²) in [7, 11) is 1.85. The first-order chi connectivity index (χ1) is 12.0. The molecule has 1 aliphatic heterocycles. The molecule has 0 bridgehead atoms. The van der Waals surface area contributed by atoms with Crippen molar-refractivity contribution in [1.82, 2.24) is 20.0 Å². The molecule has 8 heteroatoms. The maximum Gasteiger partial charge on any atom is 0.234 e. The summed E-state index contributed by atoms with van der Waals surface area (Å²) in [5, 5.41) is 8.86. The lowest BCUT2D eigenvalue weighted by molar-refractivity contribution is -0.124. The van der Waals surface area contributed by atoms with Gasteiger partial charge in [-0.3, -0.25) is 19.2 Å². The number of likely N-dealkylation sites (tertiary alicyclic amines) is 1. The van der Waals surface area contributed by atoms with Crippen LogP contribution in [0.2, 0.25) is 5.02 Å². The minimum atomic E-state index is -0.247. The van der Waals surface area contributed by atoms with E-state index in [1.807, 2.05) is 30.1 Å². The third kappa shape index (κ3) is 3.93. The van der Waals surface area contributed by atoms with Gasteiger partial charge in [0.15, 0.2) is 0 Å². The lowest BCUT2D eigenvalue weighted by Gasteiger charge is -2.29. The number of hydrogen-bond donors (Lipinski definition) is 2. The van der Waals surface area contributed by atoms with E-state index < -0.39 is 0 Å². The van der Waals surface area contributed by atoms with E-state index in [-0.39, 0.29) is 17.7 Å². The highest BCUT2D eigenvalue weighted by Gasteiger charge is 2.24. The van der Waals surface area contributed by atoms with Crippen LogP contribution in [0.5, 0.6) is 0 Å². The second kappa shape index (κ2) is 7.41. The summed E-state index contributed by atoms with van der Waals surface area (Å²) in [5.41, 5.74) is 7.02. The molecule has 0 radical (unpaired) electrons. The van der Waals surface area contributed by atoms with E-state index in [2.05, 4.69) is 10.4 Å². The molecule has 3 N–H and O–H groups in total. The highest BCUT2D eigenvalue weighted by Crippen LogP contribution is 2.26. The topological polar surface area (TPSA) is 93.2 Å². The summed E-state index contributed by atoms with van der Waals surface area (Å²) < 4.78 is 1.76. The Morgan fingerprint density at radius 1 is 1.36 bits per heavy atom. The van der Waals surface area contributed by atoms with Crippen LogP contribution in [0.25, 0.3) is 10.9 Å². The Bertz CT molecular complexity index is 796. The van der Waals surface area contributed by atoms with Crippen molar-refractivity contribution in [3.05, 3.63) is 28.9 Å². The lowest BCUT2D eigenvalue weighted by Crippen LogP contribution is -2.43. The van der Waals surface area contributed by atoms with E-state index in [0.29, 0.717) is 44.0 Å². The Morgan fingerprint density at radius 3 is 2.76 bits per heavy atom. The van der Waals surface area contributed by atoms with Crippen LogP contribution >= 0.6 is 11.6 Å². The van der Waals surface area contributed by atoms with Gasteiger partial charge in [-0.1, -0.05) is 17.7 Å². The SMILES string of the molecule is Cn1nc(CNC(=O)CN2CCC(C(N)=O)CC2)c2c(Cl)cccc21. The van der Waals surface area contributed by atoms with Gasteiger partial charge < -0.3 is 11.1 Å². The van der Waals surface area contributed by atoms with Gasteiger partial charge in [0.2, 0.25) is 11.8 Å². The molecule has 25 heavy (non-hydrogen) atoms. The van der Waals surface area contributed by atoms with Crippen molar-refractivity contribution in [2.24, 2.45) is 18.7 Å². The number of aryl methyl sites for hydroxylation is 1. The zero-order valence-corrected chi connectivity index (χ0v) is 14.9. The van der Waals surface area contributed by atoms with Gasteiger partial charge in [0, 0.05) is 18.4 Å². The Labute approximate surface area is 151 Å². The largest absolute Gasteiger partial charge is 0.369 e. The smallest absolute Gasteiger partial charge is 0.234 e. The van der Waals surface area contributed by atoms with E-state index >= 15 is 0 Å². The van der Waals surface area contributed by atoms with Crippen LogP contribution in [0.3, 0.4) is 0 Å². The van der Waals surface area contributed by atoms with Gasteiger partial charge in [0.25, 0.3) is 0 Å². The number of halogens is 1. The molecule has 0 unspecified atom stereocenters. The van der Waals surface area contributed by atoms with Crippen molar-refractivity contribution in [3.8, 4) is 0 Å². The molecule has 0 saturated carbocycles. The average Bonchev–Trinajstić information content (AvgIpc) is 2.91. The molecule has 0 spiro atoms. The van der Waals surface area contributed by atoms with Crippen molar-refractivity contribution in [2.75, 3.05) is 19.6 Å². The number of primary amides is 1. The first-order valence-electron chi connectivity index (χ1n) is 8.34. The van der Waals surface area contributed by atoms with Gasteiger partial charge in [-0.15, -0.1) is 0 Å². The van der Waals surface area contributed by atoms with Crippen molar-refractivity contribution in [1.29, 1.82) is 0 Å². The van der Waals surface area contributed by atoms with Crippen molar-refractivity contribution >= 4 is 34.3 Å². The fourth-order valence-electron chi connectivity index (χ4n) is 3.29. The van der Waals surface area contributed by atoms with Crippen LogP contribution < -0.4 is 11.1 Å². The number of nitrogens with zero attached hydrogens (tertiary/aromatic N) is 3. The number of carbonyl (C=O) groups excluding carboxylic acids is 2. The van der Waals surface area contributed by atoms with Crippen LogP contribution in [0.1, 0.15) is 18.5 Å². The molecule has 0 aliphatic carbocycles. The third-order valence-corrected chi connectivity index (χ3v) is 5.02. The van der Waals surface area contributed by atoms with E-state index in [1.165, 1.54) is 0 Å². The lowest BCUT2D eigenvalue weighted by atomic mass is 9.96. The quantitative estimate of drug-likeness (QED) is 0.830. The Kier molecular flexibility index (Phi) is 5.24. The van der Waals surface area contributed by atoms with Crippen LogP contribution in [-0.2, 0) is 23.2 Å². The number of fused-ring (bicyclic) bond motifs is 1. The van der Waals surface area contributed by atoms with Gasteiger partial charge in [0.05, 0.1) is 29.3 Å². The fourth-order valence-corrected chi connectivity index (χ4v) is 3.57. The van der Waals surface area contributed by atoms with Crippen molar-refractivity contribution in [3.63, 3.8) is 0 Å². The molecule has 0 atom stereocenters. The third-order valence-electron chi connectivity index (χ3n) is 4.71. The summed E-state index contributed by atoms with van der Waals surface area (Å²) >= 11 is 6.27. The summed E-state index contributed by atoms with van der Waals surface area (Å²) in [5.74, 6) is -0.382. The number of aromatic nitrogens is 2. The first kappa shape index (κ1) is 17.7. The molecule has 134 valence electrons. The van der Waals surface area contributed by atoms with Crippen LogP contribution in [0.15, 0.2) is 18.2 Å². The molecule has 1 aliphatic rings. The van der Waals surface area contributed by atoms with Gasteiger partial charge >= 0.3 is 0 Å². The molecule has 2 aromatic rings. The van der Waals surface area contributed by atoms with E-state index in [0.717, 1.165) is 16.6 Å². The number of hydrogen-bond acceptors (Lipinski definition) is 4. The summed E-state index contributed by atoms with van der Waals surface area (Å²) in [6.45, 7) is 2.06. The standard InChI is InChI=1S/C17H22ClN5O2/c1-22-14-4-2-3-12(18)16(14)13(21-22)9-20-15(24)10-23-7-5-11(6-8-23)17(19)25/h2-4,11H,5-10H2,1H3,(H2,19,25)(H,20,24). The minimum absolute atomic E-state index is 0.0663. The molecule has 1 saturated heterocycles.